The molecule has 2 aromatic rings. The van der Waals surface area contributed by atoms with Gasteiger partial charge in [-0.25, -0.2) is 4.39 Å². The van der Waals surface area contributed by atoms with Gasteiger partial charge in [-0.2, -0.15) is 0 Å². The lowest BCUT2D eigenvalue weighted by atomic mass is 10.2. The Morgan fingerprint density at radius 3 is 2.68 bits per heavy atom. The Morgan fingerprint density at radius 2 is 2.00 bits per heavy atom. The molecular weight excluding hydrogens is 317 g/mol. The summed E-state index contributed by atoms with van der Waals surface area (Å²) in [7, 11) is 0. The number of aryl methyl sites for hydroxylation is 1. The Kier molecular flexibility index (Phi) is 3.80. The molecule has 19 heavy (non-hydrogen) atoms. The minimum atomic E-state index is -0.576. The Hall–Kier alpha value is -1.95. The van der Waals surface area contributed by atoms with Crippen molar-refractivity contribution in [2.45, 2.75) is 6.92 Å². The molecule has 0 heterocycles. The number of nitro groups is 1. The summed E-state index contributed by atoms with van der Waals surface area (Å²) in [4.78, 5) is 10.4. The van der Waals surface area contributed by atoms with E-state index < -0.39 is 10.7 Å². The minimum absolute atomic E-state index is 0.00213. The van der Waals surface area contributed by atoms with Gasteiger partial charge in [-0.3, -0.25) is 10.1 Å². The van der Waals surface area contributed by atoms with Crippen molar-refractivity contribution in [3.8, 4) is 11.5 Å². The zero-order chi connectivity index (χ0) is 14.0. The maximum atomic E-state index is 13.8. The van der Waals surface area contributed by atoms with E-state index in [1.807, 2.05) is 0 Å². The van der Waals surface area contributed by atoms with Crippen molar-refractivity contribution in [3.05, 3.63) is 62.4 Å². The van der Waals surface area contributed by atoms with E-state index in [1.54, 1.807) is 25.1 Å². The second-order valence-corrected chi connectivity index (χ2v) is 4.77. The normalized spacial score (nSPS) is 10.3. The SMILES string of the molecule is Cc1cccc(Oc2ccc(Br)cc2[N+](=O)[O-])c1F. The van der Waals surface area contributed by atoms with Crippen molar-refractivity contribution in [3.63, 3.8) is 0 Å². The second-order valence-electron chi connectivity index (χ2n) is 3.86. The highest BCUT2D eigenvalue weighted by atomic mass is 79.9. The lowest BCUT2D eigenvalue weighted by molar-refractivity contribution is -0.385. The molecule has 6 heteroatoms. The Balaban J connectivity index is 2.44. The number of ether oxygens (including phenoxy) is 1. The Labute approximate surface area is 117 Å². The quantitative estimate of drug-likeness (QED) is 0.612. The molecule has 2 rings (SSSR count). The smallest absolute Gasteiger partial charge is 0.312 e. The zero-order valence-corrected chi connectivity index (χ0v) is 11.5. The summed E-state index contributed by atoms with van der Waals surface area (Å²) in [6.45, 7) is 1.60. The lowest BCUT2D eigenvalue weighted by Crippen LogP contribution is -1.95. The fourth-order valence-electron chi connectivity index (χ4n) is 1.54. The summed E-state index contributed by atoms with van der Waals surface area (Å²) in [6, 6.07) is 8.97. The fourth-order valence-corrected chi connectivity index (χ4v) is 1.89. The van der Waals surface area contributed by atoms with Gasteiger partial charge in [0, 0.05) is 10.5 Å². The predicted octanol–water partition coefficient (Wildman–Crippen LogP) is 4.60. The first-order valence-electron chi connectivity index (χ1n) is 5.36. The van der Waals surface area contributed by atoms with Crippen LogP contribution in [0.3, 0.4) is 0 Å². The van der Waals surface area contributed by atoms with Gasteiger partial charge in [0.25, 0.3) is 0 Å². The van der Waals surface area contributed by atoms with Crippen LogP contribution >= 0.6 is 15.9 Å². The molecule has 0 saturated heterocycles. The van der Waals surface area contributed by atoms with Gasteiger partial charge in [-0.15, -0.1) is 0 Å². The minimum Gasteiger partial charge on any atom is -0.447 e. The number of nitrogens with zero attached hydrogens (tertiary/aromatic N) is 1. The predicted molar refractivity (Wildman–Crippen MR) is 72.0 cm³/mol. The molecule has 0 unspecified atom stereocenters. The third kappa shape index (κ3) is 2.90. The molecule has 0 N–H and O–H groups in total. The Morgan fingerprint density at radius 1 is 1.26 bits per heavy atom. The number of hydrogen-bond acceptors (Lipinski definition) is 3. The molecule has 0 aliphatic heterocycles. The molecule has 0 radical (unpaired) electrons. The molecule has 0 spiro atoms. The van der Waals surface area contributed by atoms with Crippen molar-refractivity contribution >= 4 is 21.6 Å². The number of rotatable bonds is 3. The van der Waals surface area contributed by atoms with Crippen LogP contribution in [0.1, 0.15) is 5.56 Å². The molecular formula is C13H9BrFNO3. The summed E-state index contributed by atoms with van der Waals surface area (Å²) in [5.74, 6) is -0.567. The van der Waals surface area contributed by atoms with Gasteiger partial charge >= 0.3 is 5.69 Å². The highest BCUT2D eigenvalue weighted by molar-refractivity contribution is 9.10. The van der Waals surface area contributed by atoms with Gasteiger partial charge in [0.05, 0.1) is 4.92 Å². The first kappa shape index (κ1) is 13.5. The first-order chi connectivity index (χ1) is 8.99. The molecule has 0 aliphatic rings. The number of benzene rings is 2. The van der Waals surface area contributed by atoms with E-state index in [9.17, 15) is 14.5 Å². The molecule has 0 aliphatic carbocycles. The number of nitro benzene ring substituents is 1. The van der Waals surface area contributed by atoms with Crippen molar-refractivity contribution in [1.29, 1.82) is 0 Å². The molecule has 4 nitrogen and oxygen atoms in total. The average molecular weight is 326 g/mol. The van der Waals surface area contributed by atoms with Crippen LogP contribution in [0.5, 0.6) is 11.5 Å². The molecule has 2 aromatic carbocycles. The number of hydrogen-bond donors (Lipinski definition) is 0. The molecule has 0 saturated carbocycles. The fraction of sp³-hybridized carbons (Fsp3) is 0.0769. The van der Waals surface area contributed by atoms with E-state index in [0.717, 1.165) is 0 Å². The Bertz CT molecular complexity index is 646. The second kappa shape index (κ2) is 5.36. The molecule has 0 bridgehead atoms. The van der Waals surface area contributed by atoms with Gasteiger partial charge < -0.3 is 4.74 Å². The van der Waals surface area contributed by atoms with Gasteiger partial charge in [0.1, 0.15) is 0 Å². The molecule has 0 fully saturated rings. The zero-order valence-electron chi connectivity index (χ0n) is 9.89. The van der Waals surface area contributed by atoms with Gasteiger partial charge in [-0.1, -0.05) is 28.1 Å². The largest absolute Gasteiger partial charge is 0.447 e. The van der Waals surface area contributed by atoms with E-state index in [1.165, 1.54) is 18.2 Å². The van der Waals surface area contributed by atoms with Crippen LogP contribution in [0.4, 0.5) is 10.1 Å². The van der Waals surface area contributed by atoms with Crippen LogP contribution in [0.2, 0.25) is 0 Å². The van der Waals surface area contributed by atoms with Crippen molar-refractivity contribution in [2.75, 3.05) is 0 Å². The molecule has 0 aromatic heterocycles. The van der Waals surface area contributed by atoms with E-state index in [2.05, 4.69) is 15.9 Å². The summed E-state index contributed by atoms with van der Waals surface area (Å²) < 4.78 is 19.6. The summed E-state index contributed by atoms with van der Waals surface area (Å²) in [6.07, 6.45) is 0. The summed E-state index contributed by atoms with van der Waals surface area (Å²) in [5, 5.41) is 10.9. The van der Waals surface area contributed by atoms with E-state index >= 15 is 0 Å². The topological polar surface area (TPSA) is 52.4 Å². The monoisotopic (exact) mass is 325 g/mol. The highest BCUT2D eigenvalue weighted by Gasteiger charge is 2.18. The lowest BCUT2D eigenvalue weighted by Gasteiger charge is -2.08. The summed E-state index contributed by atoms with van der Waals surface area (Å²) in [5.41, 5.74) is 0.188. The molecule has 0 atom stereocenters. The maximum Gasteiger partial charge on any atom is 0.312 e. The number of halogens is 2. The van der Waals surface area contributed by atoms with E-state index in [0.29, 0.717) is 10.0 Å². The van der Waals surface area contributed by atoms with Crippen LogP contribution in [-0.2, 0) is 0 Å². The molecule has 0 amide bonds. The third-order valence-corrected chi connectivity index (χ3v) is 2.99. The third-order valence-electron chi connectivity index (χ3n) is 2.49. The van der Waals surface area contributed by atoms with Crippen molar-refractivity contribution in [2.24, 2.45) is 0 Å². The highest BCUT2D eigenvalue weighted by Crippen LogP contribution is 2.34. The van der Waals surface area contributed by atoms with E-state index in [4.69, 9.17) is 4.74 Å². The maximum absolute atomic E-state index is 13.8. The first-order valence-corrected chi connectivity index (χ1v) is 6.15. The van der Waals surface area contributed by atoms with Gasteiger partial charge in [0.2, 0.25) is 5.75 Å². The average Bonchev–Trinajstić information content (AvgIpc) is 2.36. The van der Waals surface area contributed by atoms with Crippen LogP contribution in [0.25, 0.3) is 0 Å². The van der Waals surface area contributed by atoms with Crippen molar-refractivity contribution < 1.29 is 14.1 Å². The van der Waals surface area contributed by atoms with Crippen LogP contribution in [0, 0.1) is 22.9 Å². The van der Waals surface area contributed by atoms with E-state index in [-0.39, 0.29) is 17.2 Å². The van der Waals surface area contributed by atoms with Gasteiger partial charge in [-0.05, 0) is 30.7 Å². The van der Waals surface area contributed by atoms with Gasteiger partial charge in [0.15, 0.2) is 11.6 Å². The van der Waals surface area contributed by atoms with Crippen LogP contribution in [0.15, 0.2) is 40.9 Å². The standard InChI is InChI=1S/C13H9BrFNO3/c1-8-3-2-4-12(13(8)15)19-11-6-5-9(14)7-10(11)16(17)18/h2-7H,1H3. The molecule has 98 valence electrons. The van der Waals surface area contributed by atoms with Crippen LogP contribution in [-0.4, -0.2) is 4.92 Å². The van der Waals surface area contributed by atoms with Crippen molar-refractivity contribution in [1.82, 2.24) is 0 Å². The summed E-state index contributed by atoms with van der Waals surface area (Å²) >= 11 is 3.14. The van der Waals surface area contributed by atoms with Crippen LogP contribution < -0.4 is 4.74 Å².